The fourth-order valence-electron chi connectivity index (χ4n) is 3.03. The third-order valence-corrected chi connectivity index (χ3v) is 4.91. The molecule has 2 saturated carbocycles. The molecule has 0 aromatic rings. The first-order chi connectivity index (χ1) is 4.97. The van der Waals surface area contributed by atoms with Crippen molar-refractivity contribution < 1.29 is 0 Å². The van der Waals surface area contributed by atoms with Gasteiger partial charge in [-0.15, -0.1) is 0 Å². The standard InChI is InChI=1S/C10H16S/c1-9(2)7-4-5-10(3,6-7)8(9)11/h7H,4-6H2,1-3H3/t7?,10-/m1/s1. The van der Waals surface area contributed by atoms with Crippen LogP contribution in [0.1, 0.15) is 40.0 Å². The third-order valence-electron chi connectivity index (χ3n) is 3.90. The molecule has 0 N–H and O–H groups in total. The van der Waals surface area contributed by atoms with Gasteiger partial charge >= 0.3 is 0 Å². The van der Waals surface area contributed by atoms with Gasteiger partial charge in [-0.05, 0) is 36.0 Å². The second kappa shape index (κ2) is 1.87. The molecule has 0 heterocycles. The second-order valence-corrected chi connectivity index (χ2v) is 5.46. The Kier molecular flexibility index (Phi) is 1.32. The molecule has 0 amide bonds. The summed E-state index contributed by atoms with van der Waals surface area (Å²) < 4.78 is 0. The van der Waals surface area contributed by atoms with Crippen LogP contribution in [-0.4, -0.2) is 4.86 Å². The summed E-state index contributed by atoms with van der Waals surface area (Å²) in [5, 5.41) is 0. The molecule has 1 unspecified atom stereocenters. The van der Waals surface area contributed by atoms with Gasteiger partial charge in [0.2, 0.25) is 0 Å². The molecule has 0 saturated heterocycles. The molecule has 62 valence electrons. The molecule has 2 rings (SSSR count). The Morgan fingerprint density at radius 3 is 2.27 bits per heavy atom. The summed E-state index contributed by atoms with van der Waals surface area (Å²) in [6.07, 6.45) is 4.11. The van der Waals surface area contributed by atoms with Crippen molar-refractivity contribution in [3.8, 4) is 0 Å². The van der Waals surface area contributed by atoms with Gasteiger partial charge in [-0.3, -0.25) is 0 Å². The predicted molar refractivity (Wildman–Crippen MR) is 51.8 cm³/mol. The van der Waals surface area contributed by atoms with Crippen LogP contribution in [0.25, 0.3) is 0 Å². The minimum Gasteiger partial charge on any atom is -0.0885 e. The van der Waals surface area contributed by atoms with E-state index in [-0.39, 0.29) is 0 Å². The SMILES string of the molecule is CC1(C)C(=S)[C@]2(C)CCC1C2. The van der Waals surface area contributed by atoms with Crippen molar-refractivity contribution in [3.05, 3.63) is 0 Å². The average Bonchev–Trinajstić information content (AvgIpc) is 2.36. The van der Waals surface area contributed by atoms with E-state index in [1.54, 1.807) is 0 Å². The fraction of sp³-hybridized carbons (Fsp3) is 0.900. The maximum Gasteiger partial charge on any atom is 0.00466 e. The number of thiocarbonyl (C=S) groups is 1. The molecule has 2 atom stereocenters. The van der Waals surface area contributed by atoms with Gasteiger partial charge in [0.05, 0.1) is 0 Å². The zero-order valence-electron chi connectivity index (χ0n) is 7.61. The molecule has 2 aliphatic carbocycles. The minimum atomic E-state index is 0.363. The van der Waals surface area contributed by atoms with Gasteiger partial charge < -0.3 is 0 Å². The molecule has 1 heteroatoms. The molecule has 0 aromatic carbocycles. The Hall–Kier alpha value is 0.0900. The number of hydrogen-bond acceptors (Lipinski definition) is 1. The lowest BCUT2D eigenvalue weighted by molar-refractivity contribution is 0.337. The van der Waals surface area contributed by atoms with Crippen LogP contribution in [0.15, 0.2) is 0 Å². The van der Waals surface area contributed by atoms with E-state index in [1.165, 1.54) is 24.1 Å². The first-order valence-corrected chi connectivity index (χ1v) is 4.92. The molecule has 2 bridgehead atoms. The molecule has 2 fully saturated rings. The van der Waals surface area contributed by atoms with E-state index in [1.807, 2.05) is 0 Å². The van der Waals surface area contributed by atoms with E-state index in [2.05, 4.69) is 20.8 Å². The van der Waals surface area contributed by atoms with Gasteiger partial charge in [0, 0.05) is 4.86 Å². The predicted octanol–water partition coefficient (Wildman–Crippen LogP) is 3.20. The van der Waals surface area contributed by atoms with Crippen LogP contribution >= 0.6 is 12.2 Å². The first-order valence-electron chi connectivity index (χ1n) is 4.52. The molecular formula is C10H16S. The fourth-order valence-corrected chi connectivity index (χ4v) is 3.38. The zero-order valence-corrected chi connectivity index (χ0v) is 8.42. The summed E-state index contributed by atoms with van der Waals surface area (Å²) in [5.41, 5.74) is 0.797. The van der Waals surface area contributed by atoms with Gasteiger partial charge in [0.15, 0.2) is 0 Å². The number of hydrogen-bond donors (Lipinski definition) is 0. The van der Waals surface area contributed by atoms with Crippen LogP contribution in [0.4, 0.5) is 0 Å². The van der Waals surface area contributed by atoms with Crippen molar-refractivity contribution >= 4 is 17.1 Å². The van der Waals surface area contributed by atoms with Crippen molar-refractivity contribution in [3.63, 3.8) is 0 Å². The van der Waals surface area contributed by atoms with Crippen LogP contribution in [-0.2, 0) is 0 Å². The van der Waals surface area contributed by atoms with E-state index < -0.39 is 0 Å². The van der Waals surface area contributed by atoms with Crippen molar-refractivity contribution in [2.75, 3.05) is 0 Å². The van der Waals surface area contributed by atoms with Crippen LogP contribution in [0.5, 0.6) is 0 Å². The summed E-state index contributed by atoms with van der Waals surface area (Å²) in [7, 11) is 0. The Balaban J connectivity index is 2.42. The van der Waals surface area contributed by atoms with Gasteiger partial charge in [0.1, 0.15) is 0 Å². The van der Waals surface area contributed by atoms with Crippen LogP contribution < -0.4 is 0 Å². The summed E-state index contributed by atoms with van der Waals surface area (Å²) in [4.78, 5) is 1.35. The Morgan fingerprint density at radius 1 is 1.36 bits per heavy atom. The lowest BCUT2D eigenvalue weighted by atomic mass is 9.73. The molecule has 11 heavy (non-hydrogen) atoms. The molecular weight excluding hydrogens is 152 g/mol. The smallest absolute Gasteiger partial charge is 0.00466 e. The maximum absolute atomic E-state index is 5.52. The van der Waals surface area contributed by atoms with Crippen molar-refractivity contribution in [1.82, 2.24) is 0 Å². The van der Waals surface area contributed by atoms with Gasteiger partial charge in [-0.2, -0.15) is 0 Å². The highest BCUT2D eigenvalue weighted by Gasteiger charge is 2.55. The highest BCUT2D eigenvalue weighted by Crippen LogP contribution is 2.60. The number of rotatable bonds is 0. The summed E-state index contributed by atoms with van der Waals surface area (Å²) in [5.74, 6) is 0.889. The molecule has 0 aromatic heterocycles. The minimum absolute atomic E-state index is 0.363. The number of fused-ring (bicyclic) bond motifs is 2. The van der Waals surface area contributed by atoms with Crippen LogP contribution in [0.3, 0.4) is 0 Å². The summed E-state index contributed by atoms with van der Waals surface area (Å²) >= 11 is 5.52. The van der Waals surface area contributed by atoms with Gasteiger partial charge in [-0.25, -0.2) is 0 Å². The van der Waals surface area contributed by atoms with Crippen molar-refractivity contribution in [2.45, 2.75) is 40.0 Å². The van der Waals surface area contributed by atoms with E-state index in [0.29, 0.717) is 10.8 Å². The Labute approximate surface area is 74.4 Å². The van der Waals surface area contributed by atoms with E-state index in [0.717, 1.165) is 5.92 Å². The summed E-state index contributed by atoms with van der Waals surface area (Å²) in [6, 6.07) is 0. The lowest BCUT2D eigenvalue weighted by Gasteiger charge is -2.34. The lowest BCUT2D eigenvalue weighted by Crippen LogP contribution is -2.33. The second-order valence-electron chi connectivity index (χ2n) is 5.05. The van der Waals surface area contributed by atoms with Crippen molar-refractivity contribution in [2.24, 2.45) is 16.7 Å². The molecule has 0 nitrogen and oxygen atoms in total. The monoisotopic (exact) mass is 168 g/mol. The maximum atomic E-state index is 5.52. The topological polar surface area (TPSA) is 0 Å². The molecule has 0 aliphatic heterocycles. The molecule has 2 aliphatic rings. The highest BCUT2D eigenvalue weighted by atomic mass is 32.1. The average molecular weight is 168 g/mol. The largest absolute Gasteiger partial charge is 0.0885 e. The van der Waals surface area contributed by atoms with Gasteiger partial charge in [-0.1, -0.05) is 33.0 Å². The van der Waals surface area contributed by atoms with E-state index in [4.69, 9.17) is 12.2 Å². The van der Waals surface area contributed by atoms with Gasteiger partial charge in [0.25, 0.3) is 0 Å². The van der Waals surface area contributed by atoms with Crippen molar-refractivity contribution in [1.29, 1.82) is 0 Å². The Bertz CT molecular complexity index is 210. The zero-order chi connectivity index (χ0) is 8.28. The quantitative estimate of drug-likeness (QED) is 0.500. The normalized spacial score (nSPS) is 46.8. The Morgan fingerprint density at radius 2 is 2.00 bits per heavy atom. The van der Waals surface area contributed by atoms with Crippen LogP contribution in [0.2, 0.25) is 0 Å². The van der Waals surface area contributed by atoms with Crippen LogP contribution in [0, 0.1) is 16.7 Å². The first kappa shape index (κ1) is 7.72. The summed E-state index contributed by atoms with van der Waals surface area (Å²) in [6.45, 7) is 7.00. The third kappa shape index (κ3) is 0.780. The molecule has 0 spiro atoms. The highest BCUT2D eigenvalue weighted by molar-refractivity contribution is 7.80. The van der Waals surface area contributed by atoms with E-state index >= 15 is 0 Å². The van der Waals surface area contributed by atoms with E-state index in [9.17, 15) is 0 Å². The molecule has 0 radical (unpaired) electrons.